The Morgan fingerprint density at radius 1 is 0.528 bits per heavy atom. The van der Waals surface area contributed by atoms with E-state index >= 15 is 0 Å². The van der Waals surface area contributed by atoms with E-state index in [1.165, 1.54) is 49.7 Å². The lowest BCUT2D eigenvalue weighted by Crippen LogP contribution is -2.58. The molecule has 2 aromatic carbocycles. The summed E-state index contributed by atoms with van der Waals surface area (Å²) in [7, 11) is 0. The van der Waals surface area contributed by atoms with Crippen LogP contribution in [-0.2, 0) is 0 Å². The molecule has 0 amide bonds. The molecule has 304 valence electrons. The first-order valence-electron chi connectivity index (χ1n) is 22.4. The summed E-state index contributed by atoms with van der Waals surface area (Å²) in [4.78, 5) is 0. The van der Waals surface area contributed by atoms with Crippen LogP contribution < -0.4 is 11.5 Å². The van der Waals surface area contributed by atoms with Crippen LogP contribution in [-0.4, -0.2) is 13.1 Å². The number of hydrogen-bond acceptors (Lipinski definition) is 2. The summed E-state index contributed by atoms with van der Waals surface area (Å²) < 4.78 is 0. The highest BCUT2D eigenvalue weighted by Gasteiger charge is 2.61. The molecule has 0 saturated heterocycles. The Labute approximate surface area is 331 Å². The number of hydrogen-bond donors (Lipinski definition) is 2. The van der Waals surface area contributed by atoms with E-state index in [1.807, 2.05) is 0 Å². The molecule has 0 heterocycles. The van der Waals surface area contributed by atoms with Crippen LogP contribution in [0.15, 0.2) is 60.7 Å². The molecule has 0 spiro atoms. The van der Waals surface area contributed by atoms with Crippen LogP contribution in [0.5, 0.6) is 0 Å². The maximum absolute atomic E-state index is 7.25. The number of nitrogens with two attached hydrogens (primary N) is 2. The lowest BCUT2D eigenvalue weighted by Gasteiger charge is -2.65. The van der Waals surface area contributed by atoms with Crippen molar-refractivity contribution in [3.8, 4) is 0 Å². The predicted octanol–water partition coefficient (Wildman–Crippen LogP) is 15.0. The third-order valence-corrected chi connectivity index (χ3v) is 17.9. The maximum Gasteiger partial charge on any atom is -0.00149 e. The molecular weight excluding hydrogens is 641 g/mol. The van der Waals surface area contributed by atoms with Gasteiger partial charge in [0.05, 0.1) is 0 Å². The van der Waals surface area contributed by atoms with Gasteiger partial charge in [-0.25, -0.2) is 0 Å². The van der Waals surface area contributed by atoms with Gasteiger partial charge in [0.25, 0.3) is 0 Å². The van der Waals surface area contributed by atoms with Gasteiger partial charge in [0.1, 0.15) is 0 Å². The Hall–Kier alpha value is -1.64. The normalized spacial score (nSPS) is 17.5. The van der Waals surface area contributed by atoms with E-state index in [0.29, 0.717) is 17.8 Å². The highest BCUT2D eigenvalue weighted by atomic mass is 14.7. The second-order valence-corrected chi connectivity index (χ2v) is 19.4. The van der Waals surface area contributed by atoms with Gasteiger partial charge in [0, 0.05) is 0 Å². The SMILES string of the molecule is CCC(CN)C(CC(CC)(CC)C(C)(C)C(C)(CC)CC(C)(C)C(CC)(CC)C(CC)(CN)CC(c1ccccc1)C(C)(CC)CC)c1ccccc1. The summed E-state index contributed by atoms with van der Waals surface area (Å²) in [5, 5.41) is 0. The van der Waals surface area contributed by atoms with Crippen molar-refractivity contribution in [1.82, 2.24) is 0 Å². The van der Waals surface area contributed by atoms with E-state index in [-0.39, 0.29) is 37.9 Å². The van der Waals surface area contributed by atoms with Gasteiger partial charge in [-0.3, -0.25) is 0 Å². The monoisotopic (exact) mass is 731 g/mol. The van der Waals surface area contributed by atoms with E-state index in [0.717, 1.165) is 51.6 Å². The van der Waals surface area contributed by atoms with Crippen molar-refractivity contribution < 1.29 is 0 Å². The molecule has 2 aromatic rings. The van der Waals surface area contributed by atoms with Crippen LogP contribution in [0, 0.1) is 43.8 Å². The van der Waals surface area contributed by atoms with Gasteiger partial charge < -0.3 is 11.5 Å². The van der Waals surface area contributed by atoms with Crippen molar-refractivity contribution in [2.45, 2.75) is 193 Å². The fraction of sp³-hybridized carbons (Fsp3) is 0.765. The Bertz CT molecular complexity index is 1290. The third kappa shape index (κ3) is 8.85. The Balaban J connectivity index is 2.82. The quantitative estimate of drug-likeness (QED) is 0.107. The molecule has 2 nitrogen and oxygen atoms in total. The highest BCUT2D eigenvalue weighted by molar-refractivity contribution is 5.25. The van der Waals surface area contributed by atoms with E-state index in [2.05, 4.69) is 165 Å². The Kier molecular flexibility index (Phi) is 17.5. The standard InChI is InChI=1S/C51H90N2/c1-16-40(37-52)43(41-31-27-25-28-32-41)35-49(20-5,21-6)46(12,13)48(15,19-4)38-45(10,11)51(23-8,24-9)50(22-7,39-53)36-44(47(14,17-2)18-3)42-33-29-26-30-34-42/h25-34,40,43-44H,16-24,35-39,52-53H2,1-15H3. The molecule has 5 atom stereocenters. The van der Waals surface area contributed by atoms with Crippen LogP contribution in [0.2, 0.25) is 0 Å². The summed E-state index contributed by atoms with van der Waals surface area (Å²) in [6, 6.07) is 22.8. The first-order chi connectivity index (χ1) is 24.9. The average molecular weight is 731 g/mol. The molecule has 0 aliphatic rings. The molecule has 2 heteroatoms. The minimum absolute atomic E-state index is 0.00534. The van der Waals surface area contributed by atoms with Gasteiger partial charge in [-0.15, -0.1) is 0 Å². The van der Waals surface area contributed by atoms with Gasteiger partial charge in [-0.1, -0.05) is 190 Å². The largest absolute Gasteiger partial charge is 0.330 e. The topological polar surface area (TPSA) is 52.0 Å². The van der Waals surface area contributed by atoms with Crippen molar-refractivity contribution in [3.05, 3.63) is 71.8 Å². The highest BCUT2D eigenvalue weighted by Crippen LogP contribution is 2.69. The fourth-order valence-electron chi connectivity index (χ4n) is 12.9. The molecule has 53 heavy (non-hydrogen) atoms. The molecule has 0 bridgehead atoms. The molecule has 0 aromatic heterocycles. The molecule has 0 saturated carbocycles. The van der Waals surface area contributed by atoms with Gasteiger partial charge in [-0.05, 0) is 131 Å². The fourth-order valence-corrected chi connectivity index (χ4v) is 12.9. The maximum atomic E-state index is 7.25. The predicted molar refractivity (Wildman–Crippen MR) is 238 cm³/mol. The first-order valence-corrected chi connectivity index (χ1v) is 22.4. The second kappa shape index (κ2) is 19.5. The number of benzene rings is 2. The zero-order valence-corrected chi connectivity index (χ0v) is 38.1. The van der Waals surface area contributed by atoms with Crippen LogP contribution in [0.3, 0.4) is 0 Å². The average Bonchev–Trinajstić information content (AvgIpc) is 3.18. The van der Waals surface area contributed by atoms with Crippen LogP contribution >= 0.6 is 0 Å². The zero-order valence-electron chi connectivity index (χ0n) is 38.1. The number of rotatable bonds is 25. The minimum Gasteiger partial charge on any atom is -0.330 e. The molecule has 0 aliphatic carbocycles. The molecule has 0 radical (unpaired) electrons. The molecule has 5 unspecified atom stereocenters. The lowest BCUT2D eigenvalue weighted by atomic mass is 9.40. The van der Waals surface area contributed by atoms with Gasteiger partial charge >= 0.3 is 0 Å². The summed E-state index contributed by atoms with van der Waals surface area (Å²) >= 11 is 0. The third-order valence-electron chi connectivity index (χ3n) is 17.9. The van der Waals surface area contributed by atoms with Crippen LogP contribution in [0.4, 0.5) is 0 Å². The van der Waals surface area contributed by atoms with Crippen molar-refractivity contribution in [3.63, 3.8) is 0 Å². The summed E-state index contributed by atoms with van der Waals surface area (Å²) in [6.45, 7) is 39.5. The zero-order chi connectivity index (χ0) is 40.4. The lowest BCUT2D eigenvalue weighted by molar-refractivity contribution is -0.148. The molecule has 2 rings (SSSR count). The van der Waals surface area contributed by atoms with E-state index in [4.69, 9.17) is 11.5 Å². The first kappa shape index (κ1) is 47.5. The van der Waals surface area contributed by atoms with Gasteiger partial charge in [0.15, 0.2) is 0 Å². The molecule has 0 fully saturated rings. The molecule has 0 aliphatic heterocycles. The minimum atomic E-state index is 0.00534. The van der Waals surface area contributed by atoms with Crippen LogP contribution in [0.25, 0.3) is 0 Å². The second-order valence-electron chi connectivity index (χ2n) is 19.4. The molecular formula is C51H90N2. The summed E-state index contributed by atoms with van der Waals surface area (Å²) in [6.07, 6.45) is 13.9. The Morgan fingerprint density at radius 2 is 1.00 bits per heavy atom. The van der Waals surface area contributed by atoms with Crippen molar-refractivity contribution >= 4 is 0 Å². The molecule has 4 N–H and O–H groups in total. The van der Waals surface area contributed by atoms with Crippen LogP contribution in [0.1, 0.15) is 204 Å². The smallest absolute Gasteiger partial charge is 0.00149 e. The van der Waals surface area contributed by atoms with E-state index in [9.17, 15) is 0 Å². The van der Waals surface area contributed by atoms with Crippen molar-refractivity contribution in [2.24, 2.45) is 55.3 Å². The Morgan fingerprint density at radius 3 is 1.36 bits per heavy atom. The van der Waals surface area contributed by atoms with E-state index in [1.54, 1.807) is 0 Å². The van der Waals surface area contributed by atoms with E-state index < -0.39 is 0 Å². The van der Waals surface area contributed by atoms with Gasteiger partial charge in [0.2, 0.25) is 0 Å². The van der Waals surface area contributed by atoms with Crippen molar-refractivity contribution in [1.29, 1.82) is 0 Å². The van der Waals surface area contributed by atoms with Crippen molar-refractivity contribution in [2.75, 3.05) is 13.1 Å². The summed E-state index contributed by atoms with van der Waals surface area (Å²) in [5.74, 6) is 1.39. The summed E-state index contributed by atoms with van der Waals surface area (Å²) in [5.41, 5.74) is 17.5. The van der Waals surface area contributed by atoms with Gasteiger partial charge in [-0.2, -0.15) is 0 Å².